The van der Waals surface area contributed by atoms with Gasteiger partial charge in [0.15, 0.2) is 0 Å². The van der Waals surface area contributed by atoms with Gasteiger partial charge in [-0.15, -0.1) is 0 Å². The van der Waals surface area contributed by atoms with Crippen LogP contribution in [-0.4, -0.2) is 20.9 Å². The molecule has 0 aliphatic rings. The Kier molecular flexibility index (Phi) is 5.01. The van der Waals surface area contributed by atoms with Gasteiger partial charge < -0.3 is 9.88 Å². The van der Waals surface area contributed by atoms with Gasteiger partial charge in [-0.3, -0.25) is 4.68 Å². The summed E-state index contributed by atoms with van der Waals surface area (Å²) in [5, 5.41) is 8.07. The lowest BCUT2D eigenvalue weighted by atomic mass is 10.2. The lowest BCUT2D eigenvalue weighted by molar-refractivity contribution is 0.529. The molecule has 20 heavy (non-hydrogen) atoms. The van der Waals surface area contributed by atoms with Gasteiger partial charge in [0, 0.05) is 25.0 Å². The summed E-state index contributed by atoms with van der Waals surface area (Å²) < 4.78 is 4.30. The Morgan fingerprint density at radius 2 is 2.15 bits per heavy atom. The molecule has 1 atom stereocenters. The minimum Gasteiger partial charge on any atom is -0.344 e. The molecule has 2 rings (SSSR count). The van der Waals surface area contributed by atoms with Crippen molar-refractivity contribution in [1.29, 1.82) is 0 Å². The summed E-state index contributed by atoms with van der Waals surface area (Å²) in [6.45, 7) is 8.49. The van der Waals surface area contributed by atoms with Crippen LogP contribution in [0.5, 0.6) is 0 Å². The maximum Gasteiger partial charge on any atom is 0.0642 e. The average molecular weight is 274 g/mol. The largest absolute Gasteiger partial charge is 0.344 e. The van der Waals surface area contributed by atoms with Gasteiger partial charge in [0.25, 0.3) is 0 Å². The topological polar surface area (TPSA) is 34.8 Å². The average Bonchev–Trinajstić information content (AvgIpc) is 3.04. The highest BCUT2D eigenvalue weighted by molar-refractivity contribution is 5.16. The Labute approximate surface area is 121 Å². The zero-order valence-corrected chi connectivity index (χ0v) is 13.1. The second-order valence-corrected chi connectivity index (χ2v) is 5.34. The second kappa shape index (κ2) is 6.75. The molecule has 0 fully saturated rings. The number of aromatic nitrogens is 3. The second-order valence-electron chi connectivity index (χ2n) is 5.34. The molecule has 0 saturated carbocycles. The molecule has 2 heterocycles. The Balaban J connectivity index is 2.13. The van der Waals surface area contributed by atoms with Crippen LogP contribution in [0.1, 0.15) is 50.3 Å². The van der Waals surface area contributed by atoms with Crippen molar-refractivity contribution in [3.63, 3.8) is 0 Å². The molecule has 1 N–H and O–H groups in total. The molecule has 0 amide bonds. The van der Waals surface area contributed by atoms with Gasteiger partial charge in [0.2, 0.25) is 0 Å². The van der Waals surface area contributed by atoms with Crippen molar-refractivity contribution >= 4 is 0 Å². The van der Waals surface area contributed by atoms with E-state index in [1.807, 2.05) is 11.7 Å². The molecular weight excluding hydrogens is 248 g/mol. The lowest BCUT2D eigenvalue weighted by Gasteiger charge is -2.17. The van der Waals surface area contributed by atoms with Crippen LogP contribution >= 0.6 is 0 Å². The molecule has 0 saturated heterocycles. The molecule has 0 aliphatic carbocycles. The van der Waals surface area contributed by atoms with Crippen molar-refractivity contribution < 1.29 is 0 Å². The van der Waals surface area contributed by atoms with Crippen LogP contribution in [0.2, 0.25) is 0 Å². The lowest BCUT2D eigenvalue weighted by Crippen LogP contribution is -2.22. The summed E-state index contributed by atoms with van der Waals surface area (Å²) in [7, 11) is 2.02. The summed E-state index contributed by atoms with van der Waals surface area (Å²) in [4.78, 5) is 0. The van der Waals surface area contributed by atoms with Gasteiger partial charge >= 0.3 is 0 Å². The molecule has 0 aliphatic heterocycles. The Morgan fingerprint density at radius 3 is 2.80 bits per heavy atom. The monoisotopic (exact) mass is 274 g/mol. The molecule has 2 aromatic heterocycles. The molecular formula is C16H26N4. The van der Waals surface area contributed by atoms with Gasteiger partial charge in [0.1, 0.15) is 0 Å². The van der Waals surface area contributed by atoms with E-state index < -0.39 is 0 Å². The zero-order valence-electron chi connectivity index (χ0n) is 13.1. The van der Waals surface area contributed by atoms with Crippen molar-refractivity contribution in [2.75, 3.05) is 6.54 Å². The number of nitrogens with zero attached hydrogens (tertiary/aromatic N) is 3. The van der Waals surface area contributed by atoms with Gasteiger partial charge in [-0.05, 0) is 44.5 Å². The fraction of sp³-hybridized carbons (Fsp3) is 0.562. The minimum absolute atomic E-state index is 0.379. The maximum absolute atomic E-state index is 4.52. The molecule has 1 unspecified atom stereocenters. The van der Waals surface area contributed by atoms with Gasteiger partial charge in [-0.25, -0.2) is 0 Å². The molecule has 4 nitrogen and oxygen atoms in total. The first-order valence-electron chi connectivity index (χ1n) is 7.55. The first-order chi connectivity index (χ1) is 9.65. The molecule has 110 valence electrons. The van der Waals surface area contributed by atoms with Gasteiger partial charge in [-0.2, -0.15) is 5.10 Å². The van der Waals surface area contributed by atoms with E-state index in [-0.39, 0.29) is 0 Å². The quantitative estimate of drug-likeness (QED) is 0.842. The Hall–Kier alpha value is -1.55. The molecule has 4 heteroatoms. The summed E-state index contributed by atoms with van der Waals surface area (Å²) >= 11 is 0. The van der Waals surface area contributed by atoms with Crippen LogP contribution in [0.3, 0.4) is 0 Å². The normalized spacial score (nSPS) is 12.8. The zero-order chi connectivity index (χ0) is 14.5. The predicted molar refractivity (Wildman–Crippen MR) is 82.8 cm³/mol. The summed E-state index contributed by atoms with van der Waals surface area (Å²) in [6, 6.07) is 6.90. The van der Waals surface area contributed by atoms with E-state index in [0.29, 0.717) is 6.04 Å². The number of hydrogen-bond acceptors (Lipinski definition) is 2. The summed E-state index contributed by atoms with van der Waals surface area (Å²) in [6.07, 6.45) is 4.30. The summed E-state index contributed by atoms with van der Waals surface area (Å²) in [5.74, 6) is 0. The van der Waals surface area contributed by atoms with Crippen molar-refractivity contribution in [2.24, 2.45) is 7.05 Å². The maximum atomic E-state index is 4.52. The third-order valence-corrected chi connectivity index (χ3v) is 3.73. The third-order valence-electron chi connectivity index (χ3n) is 3.73. The molecule has 0 spiro atoms. The first kappa shape index (κ1) is 14.9. The van der Waals surface area contributed by atoms with E-state index in [1.165, 1.54) is 11.4 Å². The standard InChI is InChI=1S/C16H26N4/c1-5-9-17-13(3)16-8-7-10-20(16)12-15-11-14(6-2)18-19(15)4/h7-8,10-11,13,17H,5-6,9,12H2,1-4H3. The fourth-order valence-corrected chi connectivity index (χ4v) is 2.50. The van der Waals surface area contributed by atoms with Crippen LogP contribution < -0.4 is 5.32 Å². The number of aryl methyl sites for hydroxylation is 2. The number of hydrogen-bond donors (Lipinski definition) is 1. The highest BCUT2D eigenvalue weighted by atomic mass is 15.3. The van der Waals surface area contributed by atoms with E-state index in [4.69, 9.17) is 0 Å². The van der Waals surface area contributed by atoms with E-state index in [9.17, 15) is 0 Å². The Bertz CT molecular complexity index is 538. The van der Waals surface area contributed by atoms with Gasteiger partial charge in [-0.1, -0.05) is 13.8 Å². The smallest absolute Gasteiger partial charge is 0.0642 e. The SMILES string of the molecule is CCCNC(C)c1cccn1Cc1cc(CC)nn1C. The summed E-state index contributed by atoms with van der Waals surface area (Å²) in [5.41, 5.74) is 3.74. The van der Waals surface area contributed by atoms with E-state index in [0.717, 1.165) is 31.6 Å². The molecule has 0 radical (unpaired) electrons. The Morgan fingerprint density at radius 1 is 1.35 bits per heavy atom. The minimum atomic E-state index is 0.379. The van der Waals surface area contributed by atoms with Crippen LogP contribution in [-0.2, 0) is 20.0 Å². The molecule has 2 aromatic rings. The van der Waals surface area contributed by atoms with Crippen LogP contribution in [0.25, 0.3) is 0 Å². The molecule has 0 bridgehead atoms. The number of nitrogens with one attached hydrogen (secondary N) is 1. The number of rotatable bonds is 7. The van der Waals surface area contributed by atoms with Crippen molar-refractivity contribution in [3.8, 4) is 0 Å². The first-order valence-corrected chi connectivity index (χ1v) is 7.55. The third kappa shape index (κ3) is 3.31. The predicted octanol–water partition coefficient (Wildman–Crippen LogP) is 2.89. The fourth-order valence-electron chi connectivity index (χ4n) is 2.50. The van der Waals surface area contributed by atoms with E-state index in [1.54, 1.807) is 0 Å². The highest BCUT2D eigenvalue weighted by Gasteiger charge is 2.11. The van der Waals surface area contributed by atoms with E-state index >= 15 is 0 Å². The van der Waals surface area contributed by atoms with Crippen LogP contribution in [0, 0.1) is 0 Å². The molecule has 0 aromatic carbocycles. The van der Waals surface area contributed by atoms with Crippen LogP contribution in [0.4, 0.5) is 0 Å². The van der Waals surface area contributed by atoms with Crippen molar-refractivity contribution in [3.05, 3.63) is 41.5 Å². The van der Waals surface area contributed by atoms with Crippen LogP contribution in [0.15, 0.2) is 24.4 Å². The van der Waals surface area contributed by atoms with Crippen molar-refractivity contribution in [2.45, 2.75) is 46.2 Å². The van der Waals surface area contributed by atoms with Crippen molar-refractivity contribution in [1.82, 2.24) is 19.7 Å². The van der Waals surface area contributed by atoms with Gasteiger partial charge in [0.05, 0.1) is 17.9 Å². The van der Waals surface area contributed by atoms with E-state index in [2.05, 4.69) is 60.1 Å². The highest BCUT2D eigenvalue weighted by Crippen LogP contribution is 2.16.